The van der Waals surface area contributed by atoms with Gasteiger partial charge in [0.2, 0.25) is 6.79 Å². The normalized spacial score (nSPS) is 12.2. The average molecular weight is 432 g/mol. The van der Waals surface area contributed by atoms with Gasteiger partial charge in [-0.1, -0.05) is 36.0 Å². The van der Waals surface area contributed by atoms with E-state index >= 15 is 0 Å². The van der Waals surface area contributed by atoms with Gasteiger partial charge in [0.1, 0.15) is 10.8 Å². The van der Waals surface area contributed by atoms with Crippen LogP contribution in [0.2, 0.25) is 0 Å². The number of nitrogens with zero attached hydrogens (tertiary/aromatic N) is 1. The van der Waals surface area contributed by atoms with E-state index in [9.17, 15) is 9.18 Å². The molecule has 0 unspecified atom stereocenters. The van der Waals surface area contributed by atoms with Crippen LogP contribution in [-0.2, 0) is 6.54 Å². The largest absolute Gasteiger partial charge is 0.454 e. The average Bonchev–Trinajstić information content (AvgIpc) is 3.26. The fraction of sp³-hybridized carbons (Fsp3) is 0.0833. The van der Waals surface area contributed by atoms with Gasteiger partial charge in [-0.3, -0.25) is 4.79 Å². The van der Waals surface area contributed by atoms with Crippen LogP contribution >= 0.6 is 11.8 Å². The lowest BCUT2D eigenvalue weighted by molar-refractivity contribution is 0.0952. The van der Waals surface area contributed by atoms with E-state index in [1.54, 1.807) is 18.2 Å². The van der Waals surface area contributed by atoms with E-state index in [1.807, 2.05) is 42.5 Å². The number of benzene rings is 3. The minimum Gasteiger partial charge on any atom is -0.454 e. The molecular formula is C24H17FN2O3S. The Hall–Kier alpha value is -3.58. The number of fused-ring (bicyclic) bond motifs is 2. The molecule has 0 radical (unpaired) electrons. The third-order valence-corrected chi connectivity index (χ3v) is 5.79. The summed E-state index contributed by atoms with van der Waals surface area (Å²) in [5.74, 6) is 0.897. The van der Waals surface area contributed by atoms with Gasteiger partial charge in [-0.05, 0) is 54.1 Å². The summed E-state index contributed by atoms with van der Waals surface area (Å²) in [6.45, 7) is 0.565. The first kappa shape index (κ1) is 19.4. The number of aromatic nitrogens is 1. The van der Waals surface area contributed by atoms with Crippen molar-refractivity contribution in [2.24, 2.45) is 0 Å². The van der Waals surface area contributed by atoms with Gasteiger partial charge >= 0.3 is 0 Å². The molecule has 1 N–H and O–H groups in total. The third-order valence-electron chi connectivity index (χ3n) is 4.86. The SMILES string of the molecule is O=C(NCc1ccc2c(c1)OCO2)c1cc(Sc2ccc(F)cc2)nc2ccccc12. The Balaban J connectivity index is 1.40. The lowest BCUT2D eigenvalue weighted by atomic mass is 10.1. The predicted molar refractivity (Wildman–Crippen MR) is 116 cm³/mol. The molecule has 1 aliphatic rings. The standard InChI is InChI=1S/C24H17FN2O3S/c25-16-6-8-17(9-7-16)31-23-12-19(18-3-1-2-4-20(18)27-23)24(28)26-13-15-5-10-21-22(11-15)30-14-29-21/h1-12H,13-14H2,(H,26,28). The molecule has 4 aromatic rings. The van der Waals surface area contributed by atoms with Gasteiger partial charge < -0.3 is 14.8 Å². The third kappa shape index (κ3) is 4.18. The molecule has 0 aliphatic carbocycles. The first-order valence-electron chi connectivity index (χ1n) is 9.66. The van der Waals surface area contributed by atoms with Crippen molar-refractivity contribution in [3.05, 3.63) is 89.7 Å². The second-order valence-electron chi connectivity index (χ2n) is 6.95. The number of ether oxygens (including phenoxy) is 2. The van der Waals surface area contributed by atoms with Crippen LogP contribution in [0.25, 0.3) is 10.9 Å². The second kappa shape index (κ2) is 8.28. The Morgan fingerprint density at radius 2 is 1.81 bits per heavy atom. The van der Waals surface area contributed by atoms with Gasteiger partial charge in [0.15, 0.2) is 11.5 Å². The number of hydrogen-bond acceptors (Lipinski definition) is 5. The van der Waals surface area contributed by atoms with E-state index in [2.05, 4.69) is 10.3 Å². The van der Waals surface area contributed by atoms with E-state index in [0.29, 0.717) is 28.6 Å². The van der Waals surface area contributed by atoms with Crippen molar-refractivity contribution in [2.45, 2.75) is 16.5 Å². The molecule has 0 fully saturated rings. The molecule has 1 amide bonds. The van der Waals surface area contributed by atoms with Crippen LogP contribution in [0.15, 0.2) is 82.7 Å². The number of rotatable bonds is 5. The van der Waals surface area contributed by atoms with Crippen molar-refractivity contribution in [3.8, 4) is 11.5 Å². The molecule has 0 atom stereocenters. The van der Waals surface area contributed by atoms with Crippen LogP contribution in [0.1, 0.15) is 15.9 Å². The summed E-state index contributed by atoms with van der Waals surface area (Å²) in [5, 5.41) is 4.41. The highest BCUT2D eigenvalue weighted by Crippen LogP contribution is 2.33. The zero-order chi connectivity index (χ0) is 21.2. The first-order chi connectivity index (χ1) is 15.2. The molecule has 0 saturated heterocycles. The lowest BCUT2D eigenvalue weighted by Gasteiger charge is -2.11. The van der Waals surface area contributed by atoms with E-state index in [-0.39, 0.29) is 18.5 Å². The van der Waals surface area contributed by atoms with Crippen LogP contribution in [0.5, 0.6) is 11.5 Å². The van der Waals surface area contributed by atoms with Gasteiger partial charge in [-0.15, -0.1) is 0 Å². The zero-order valence-corrected chi connectivity index (χ0v) is 17.1. The summed E-state index contributed by atoms with van der Waals surface area (Å²) < 4.78 is 23.9. The van der Waals surface area contributed by atoms with Crippen LogP contribution in [0.4, 0.5) is 4.39 Å². The number of amides is 1. The monoisotopic (exact) mass is 432 g/mol. The summed E-state index contributed by atoms with van der Waals surface area (Å²) in [4.78, 5) is 18.6. The van der Waals surface area contributed by atoms with Gasteiger partial charge in [0.05, 0.1) is 11.1 Å². The molecule has 1 aromatic heterocycles. The maximum absolute atomic E-state index is 13.2. The number of carbonyl (C=O) groups is 1. The summed E-state index contributed by atoms with van der Waals surface area (Å²) in [6.07, 6.45) is 0. The molecule has 0 bridgehead atoms. The quantitative estimate of drug-likeness (QED) is 0.471. The molecular weight excluding hydrogens is 415 g/mol. The fourth-order valence-electron chi connectivity index (χ4n) is 3.34. The molecule has 0 spiro atoms. The summed E-state index contributed by atoms with van der Waals surface area (Å²) >= 11 is 1.38. The Bertz CT molecular complexity index is 1280. The molecule has 2 heterocycles. The highest BCUT2D eigenvalue weighted by molar-refractivity contribution is 7.99. The van der Waals surface area contributed by atoms with Crippen LogP contribution in [0.3, 0.4) is 0 Å². The number of para-hydroxylation sites is 1. The molecule has 154 valence electrons. The van der Waals surface area contributed by atoms with Crippen molar-refractivity contribution >= 4 is 28.6 Å². The minimum absolute atomic E-state index is 0.197. The maximum Gasteiger partial charge on any atom is 0.252 e. The number of nitrogens with one attached hydrogen (secondary N) is 1. The lowest BCUT2D eigenvalue weighted by Crippen LogP contribution is -2.23. The zero-order valence-electron chi connectivity index (χ0n) is 16.3. The number of hydrogen-bond donors (Lipinski definition) is 1. The number of carbonyl (C=O) groups excluding carboxylic acids is 1. The molecule has 0 saturated carbocycles. The van der Waals surface area contributed by atoms with Crippen molar-refractivity contribution in [1.82, 2.24) is 10.3 Å². The Kier molecular flexibility index (Phi) is 5.18. The van der Waals surface area contributed by atoms with E-state index in [1.165, 1.54) is 23.9 Å². The van der Waals surface area contributed by atoms with E-state index < -0.39 is 0 Å². The highest BCUT2D eigenvalue weighted by Gasteiger charge is 2.16. The molecule has 5 nitrogen and oxygen atoms in total. The smallest absolute Gasteiger partial charge is 0.252 e. The maximum atomic E-state index is 13.2. The van der Waals surface area contributed by atoms with Crippen molar-refractivity contribution in [1.29, 1.82) is 0 Å². The van der Waals surface area contributed by atoms with Gasteiger partial charge in [0.25, 0.3) is 5.91 Å². The van der Waals surface area contributed by atoms with Crippen LogP contribution in [-0.4, -0.2) is 17.7 Å². The van der Waals surface area contributed by atoms with Crippen LogP contribution < -0.4 is 14.8 Å². The van der Waals surface area contributed by atoms with Gasteiger partial charge in [-0.2, -0.15) is 0 Å². The molecule has 1 aliphatic heterocycles. The summed E-state index contributed by atoms with van der Waals surface area (Å²) in [5.41, 5.74) is 2.18. The summed E-state index contributed by atoms with van der Waals surface area (Å²) in [6, 6.07) is 21.1. The summed E-state index contributed by atoms with van der Waals surface area (Å²) in [7, 11) is 0. The van der Waals surface area contributed by atoms with Crippen LogP contribution in [0, 0.1) is 5.82 Å². The van der Waals surface area contributed by atoms with Gasteiger partial charge in [-0.25, -0.2) is 9.37 Å². The minimum atomic E-state index is -0.292. The van der Waals surface area contributed by atoms with Gasteiger partial charge in [0, 0.05) is 16.8 Å². The molecule has 3 aromatic carbocycles. The molecule has 31 heavy (non-hydrogen) atoms. The van der Waals surface area contributed by atoms with Crippen molar-refractivity contribution in [3.63, 3.8) is 0 Å². The highest BCUT2D eigenvalue weighted by atomic mass is 32.2. The second-order valence-corrected chi connectivity index (χ2v) is 8.05. The van der Waals surface area contributed by atoms with Crippen molar-refractivity contribution < 1.29 is 18.7 Å². The Labute approximate surface area is 182 Å². The van der Waals surface area contributed by atoms with E-state index in [4.69, 9.17) is 9.47 Å². The fourth-order valence-corrected chi connectivity index (χ4v) is 4.18. The number of pyridine rings is 1. The van der Waals surface area contributed by atoms with Crippen molar-refractivity contribution in [2.75, 3.05) is 6.79 Å². The Morgan fingerprint density at radius 1 is 1.00 bits per heavy atom. The van der Waals surface area contributed by atoms with E-state index in [0.717, 1.165) is 21.4 Å². The number of halogens is 1. The Morgan fingerprint density at radius 3 is 2.68 bits per heavy atom. The molecule has 5 rings (SSSR count). The predicted octanol–water partition coefficient (Wildman–Crippen LogP) is 5.18. The first-order valence-corrected chi connectivity index (χ1v) is 10.5. The topological polar surface area (TPSA) is 60.5 Å². The molecule has 7 heteroatoms.